The number of nitrogens with two attached hydrogens (primary N) is 1. The standard InChI is InChI=1S/C10H17N3O2S/c11-5-4-7(14)10-12-9(13-15-10)8-3-1-2-6-16-8/h7-8,14H,1-6,11H2. The summed E-state index contributed by atoms with van der Waals surface area (Å²) in [6.07, 6.45) is 3.31. The summed E-state index contributed by atoms with van der Waals surface area (Å²) in [5.74, 6) is 2.17. The van der Waals surface area contributed by atoms with E-state index in [1.165, 1.54) is 12.8 Å². The summed E-state index contributed by atoms with van der Waals surface area (Å²) in [5.41, 5.74) is 5.36. The lowest BCUT2D eigenvalue weighted by atomic mass is 10.2. The summed E-state index contributed by atoms with van der Waals surface area (Å²) in [5, 5.41) is 13.9. The summed E-state index contributed by atoms with van der Waals surface area (Å²) >= 11 is 1.86. The van der Waals surface area contributed by atoms with E-state index in [4.69, 9.17) is 10.3 Å². The second-order valence-corrected chi connectivity index (χ2v) is 5.25. The van der Waals surface area contributed by atoms with Crippen LogP contribution in [0.4, 0.5) is 0 Å². The van der Waals surface area contributed by atoms with Crippen LogP contribution in [0, 0.1) is 0 Å². The largest absolute Gasteiger partial charge is 0.383 e. The normalized spacial score (nSPS) is 23.2. The van der Waals surface area contributed by atoms with Crippen LogP contribution in [0.1, 0.15) is 48.8 Å². The van der Waals surface area contributed by atoms with Crippen molar-refractivity contribution in [3.63, 3.8) is 0 Å². The first-order valence-electron chi connectivity index (χ1n) is 5.64. The monoisotopic (exact) mass is 243 g/mol. The lowest BCUT2D eigenvalue weighted by Gasteiger charge is -2.17. The lowest BCUT2D eigenvalue weighted by molar-refractivity contribution is 0.127. The van der Waals surface area contributed by atoms with Crippen molar-refractivity contribution in [3.05, 3.63) is 11.7 Å². The molecule has 1 aromatic rings. The van der Waals surface area contributed by atoms with Gasteiger partial charge in [-0.15, -0.1) is 0 Å². The van der Waals surface area contributed by atoms with Crippen LogP contribution in [0.5, 0.6) is 0 Å². The molecule has 1 aromatic heterocycles. The molecule has 2 unspecified atom stereocenters. The molecule has 1 fully saturated rings. The van der Waals surface area contributed by atoms with Gasteiger partial charge >= 0.3 is 0 Å². The maximum absolute atomic E-state index is 9.65. The van der Waals surface area contributed by atoms with E-state index in [2.05, 4.69) is 10.1 Å². The van der Waals surface area contributed by atoms with E-state index in [9.17, 15) is 5.11 Å². The molecule has 1 aliphatic rings. The summed E-state index contributed by atoms with van der Waals surface area (Å²) in [7, 11) is 0. The fraction of sp³-hybridized carbons (Fsp3) is 0.800. The number of aliphatic hydroxyl groups is 1. The number of nitrogens with zero attached hydrogens (tertiary/aromatic N) is 2. The topological polar surface area (TPSA) is 85.2 Å². The van der Waals surface area contributed by atoms with Crippen molar-refractivity contribution in [3.8, 4) is 0 Å². The first-order chi connectivity index (χ1) is 7.81. The molecule has 0 aromatic carbocycles. The highest BCUT2D eigenvalue weighted by molar-refractivity contribution is 7.99. The maximum Gasteiger partial charge on any atom is 0.255 e. The predicted molar refractivity (Wildman–Crippen MR) is 62.0 cm³/mol. The lowest BCUT2D eigenvalue weighted by Crippen LogP contribution is -2.08. The number of aliphatic hydroxyl groups excluding tert-OH is 1. The van der Waals surface area contributed by atoms with Crippen molar-refractivity contribution in [1.82, 2.24) is 10.1 Å². The van der Waals surface area contributed by atoms with Gasteiger partial charge in [0, 0.05) is 0 Å². The van der Waals surface area contributed by atoms with E-state index >= 15 is 0 Å². The van der Waals surface area contributed by atoms with Crippen LogP contribution in [0.15, 0.2) is 4.52 Å². The zero-order valence-electron chi connectivity index (χ0n) is 9.13. The Morgan fingerprint density at radius 2 is 2.44 bits per heavy atom. The molecule has 90 valence electrons. The van der Waals surface area contributed by atoms with Gasteiger partial charge in [-0.1, -0.05) is 11.6 Å². The minimum Gasteiger partial charge on any atom is -0.383 e. The number of thioether (sulfide) groups is 1. The Morgan fingerprint density at radius 3 is 3.12 bits per heavy atom. The molecule has 0 spiro atoms. The highest BCUT2D eigenvalue weighted by Crippen LogP contribution is 2.37. The molecule has 1 saturated heterocycles. The molecule has 5 nitrogen and oxygen atoms in total. The second-order valence-electron chi connectivity index (χ2n) is 3.94. The minimum absolute atomic E-state index is 0.298. The second kappa shape index (κ2) is 5.65. The summed E-state index contributed by atoms with van der Waals surface area (Å²) in [6, 6.07) is 0. The van der Waals surface area contributed by atoms with Gasteiger partial charge in [0.1, 0.15) is 6.10 Å². The molecule has 6 heteroatoms. The molecule has 1 aliphatic heterocycles. The van der Waals surface area contributed by atoms with Crippen molar-refractivity contribution in [2.24, 2.45) is 5.73 Å². The van der Waals surface area contributed by atoms with E-state index < -0.39 is 6.10 Å². The van der Waals surface area contributed by atoms with Crippen LogP contribution in [0.25, 0.3) is 0 Å². The zero-order chi connectivity index (χ0) is 11.4. The Balaban J connectivity index is 2.00. The third-order valence-electron chi connectivity index (χ3n) is 2.65. The van der Waals surface area contributed by atoms with Crippen molar-refractivity contribution >= 4 is 11.8 Å². The Bertz CT molecular complexity index is 326. The average Bonchev–Trinajstić information content (AvgIpc) is 2.80. The molecule has 16 heavy (non-hydrogen) atoms. The van der Waals surface area contributed by atoms with E-state index in [-0.39, 0.29) is 0 Å². The number of hydrogen-bond donors (Lipinski definition) is 2. The number of aromatic nitrogens is 2. The number of rotatable bonds is 4. The van der Waals surface area contributed by atoms with Crippen LogP contribution in [0.2, 0.25) is 0 Å². The number of hydrogen-bond acceptors (Lipinski definition) is 6. The maximum atomic E-state index is 9.65. The average molecular weight is 243 g/mol. The molecule has 0 saturated carbocycles. The molecule has 0 aliphatic carbocycles. The van der Waals surface area contributed by atoms with Gasteiger partial charge < -0.3 is 15.4 Å². The van der Waals surface area contributed by atoms with Gasteiger partial charge in [-0.05, 0) is 31.6 Å². The highest BCUT2D eigenvalue weighted by atomic mass is 32.2. The van der Waals surface area contributed by atoms with Gasteiger partial charge in [-0.25, -0.2) is 0 Å². The van der Waals surface area contributed by atoms with Gasteiger partial charge in [-0.3, -0.25) is 0 Å². The van der Waals surface area contributed by atoms with Gasteiger partial charge in [-0.2, -0.15) is 16.7 Å². The van der Waals surface area contributed by atoms with Crippen molar-refractivity contribution in [2.45, 2.75) is 37.0 Å². The van der Waals surface area contributed by atoms with Gasteiger partial charge in [0.25, 0.3) is 5.89 Å². The van der Waals surface area contributed by atoms with E-state index in [1.54, 1.807) is 0 Å². The Morgan fingerprint density at radius 1 is 1.56 bits per heavy atom. The highest BCUT2D eigenvalue weighted by Gasteiger charge is 2.23. The molecule has 2 heterocycles. The van der Waals surface area contributed by atoms with Crippen LogP contribution in [-0.4, -0.2) is 27.5 Å². The zero-order valence-corrected chi connectivity index (χ0v) is 9.95. The van der Waals surface area contributed by atoms with Crippen LogP contribution >= 0.6 is 11.8 Å². The van der Waals surface area contributed by atoms with Crippen molar-refractivity contribution in [1.29, 1.82) is 0 Å². The van der Waals surface area contributed by atoms with Crippen LogP contribution in [-0.2, 0) is 0 Å². The molecular weight excluding hydrogens is 226 g/mol. The molecule has 2 atom stereocenters. The van der Waals surface area contributed by atoms with Gasteiger partial charge in [0.05, 0.1) is 5.25 Å². The quantitative estimate of drug-likeness (QED) is 0.831. The van der Waals surface area contributed by atoms with E-state index in [0.717, 1.165) is 18.0 Å². The predicted octanol–water partition coefficient (Wildman–Crippen LogP) is 1.41. The Labute approximate surface area is 98.8 Å². The summed E-state index contributed by atoms with van der Waals surface area (Å²) in [4.78, 5) is 4.25. The molecule has 2 rings (SSSR count). The van der Waals surface area contributed by atoms with Gasteiger partial charge in [0.15, 0.2) is 5.82 Å². The third-order valence-corrected chi connectivity index (χ3v) is 4.02. The SMILES string of the molecule is NCCC(O)c1nc(C2CCCCS2)no1. The summed E-state index contributed by atoms with van der Waals surface area (Å²) in [6.45, 7) is 0.414. The minimum atomic E-state index is -0.722. The fourth-order valence-corrected chi connectivity index (χ4v) is 2.97. The smallest absolute Gasteiger partial charge is 0.255 e. The molecule has 3 N–H and O–H groups in total. The molecule has 0 radical (unpaired) electrons. The van der Waals surface area contributed by atoms with Crippen molar-refractivity contribution < 1.29 is 9.63 Å². The van der Waals surface area contributed by atoms with Crippen LogP contribution in [0.3, 0.4) is 0 Å². The fourth-order valence-electron chi connectivity index (χ4n) is 1.74. The first-order valence-corrected chi connectivity index (χ1v) is 6.69. The van der Waals surface area contributed by atoms with E-state index in [0.29, 0.717) is 24.1 Å². The Hall–Kier alpha value is -0.590. The summed E-state index contributed by atoms with van der Waals surface area (Å²) < 4.78 is 5.05. The van der Waals surface area contributed by atoms with Gasteiger partial charge in [0.2, 0.25) is 0 Å². The Kier molecular flexibility index (Phi) is 4.20. The van der Waals surface area contributed by atoms with E-state index in [1.807, 2.05) is 11.8 Å². The molecular formula is C10H17N3O2S. The third kappa shape index (κ3) is 2.75. The molecule has 0 amide bonds. The molecule has 0 bridgehead atoms. The van der Waals surface area contributed by atoms with Crippen LogP contribution < -0.4 is 5.73 Å². The van der Waals surface area contributed by atoms with Crippen molar-refractivity contribution in [2.75, 3.05) is 12.3 Å². The first kappa shape index (κ1) is 11.9.